The molecule has 3 nitrogen and oxygen atoms in total. The van der Waals surface area contributed by atoms with E-state index in [9.17, 15) is 0 Å². The van der Waals surface area contributed by atoms with Gasteiger partial charge >= 0.3 is 0 Å². The summed E-state index contributed by atoms with van der Waals surface area (Å²) in [5.74, 6) is 0.523. The molecule has 0 aromatic heterocycles. The average molecular weight is 171 g/mol. The van der Waals surface area contributed by atoms with E-state index in [1.54, 1.807) is 0 Å². The Labute approximate surface area is 73.2 Å². The summed E-state index contributed by atoms with van der Waals surface area (Å²) in [4.78, 5) is 0. The summed E-state index contributed by atoms with van der Waals surface area (Å²) < 4.78 is 11.5. The highest BCUT2D eigenvalue weighted by atomic mass is 16.7. The molecule has 4 atom stereocenters. The zero-order valence-electron chi connectivity index (χ0n) is 7.75. The number of hydrogen-bond acceptors (Lipinski definition) is 3. The van der Waals surface area contributed by atoms with Gasteiger partial charge in [0.25, 0.3) is 0 Å². The lowest BCUT2D eigenvalue weighted by Crippen LogP contribution is -2.42. The van der Waals surface area contributed by atoms with Crippen LogP contribution in [0.2, 0.25) is 0 Å². The lowest BCUT2D eigenvalue weighted by atomic mass is 9.88. The number of ether oxygens (including phenoxy) is 2. The fourth-order valence-electron chi connectivity index (χ4n) is 2.10. The van der Waals surface area contributed by atoms with Gasteiger partial charge in [0.2, 0.25) is 0 Å². The Hall–Kier alpha value is -0.120. The Morgan fingerprint density at radius 2 is 2.33 bits per heavy atom. The normalized spacial score (nSPS) is 52.8. The summed E-state index contributed by atoms with van der Waals surface area (Å²) in [7, 11) is 0. The van der Waals surface area contributed by atoms with Gasteiger partial charge in [-0.25, -0.2) is 0 Å². The van der Waals surface area contributed by atoms with Gasteiger partial charge in [-0.05, 0) is 19.8 Å². The molecular formula is C9H17NO2. The maximum atomic E-state index is 5.80. The first-order valence-electron chi connectivity index (χ1n) is 4.69. The molecule has 12 heavy (non-hydrogen) atoms. The lowest BCUT2D eigenvalue weighted by Gasteiger charge is -2.32. The van der Waals surface area contributed by atoms with Crippen molar-refractivity contribution >= 4 is 0 Å². The minimum atomic E-state index is -0.105. The molecule has 2 aliphatic heterocycles. The number of rotatable bonds is 1. The maximum absolute atomic E-state index is 5.80. The molecule has 70 valence electrons. The zero-order chi connectivity index (χ0) is 8.77. The predicted molar refractivity (Wildman–Crippen MR) is 45.6 cm³/mol. The van der Waals surface area contributed by atoms with E-state index >= 15 is 0 Å². The van der Waals surface area contributed by atoms with Crippen molar-refractivity contribution in [3.63, 3.8) is 0 Å². The maximum Gasteiger partial charge on any atom is 0.161 e. The second kappa shape index (κ2) is 2.69. The van der Waals surface area contributed by atoms with E-state index in [1.807, 2.05) is 0 Å². The number of hydrogen-bond donors (Lipinski definition) is 1. The van der Waals surface area contributed by atoms with Crippen LogP contribution in [0.1, 0.15) is 26.7 Å². The van der Waals surface area contributed by atoms with Gasteiger partial charge in [0.05, 0.1) is 5.60 Å². The average Bonchev–Trinajstić information content (AvgIpc) is 2.33. The van der Waals surface area contributed by atoms with Crippen LogP contribution < -0.4 is 5.73 Å². The van der Waals surface area contributed by atoms with Crippen molar-refractivity contribution in [1.29, 1.82) is 0 Å². The third kappa shape index (κ3) is 1.08. The molecule has 2 aliphatic rings. The molecule has 0 aliphatic carbocycles. The Kier molecular flexibility index (Phi) is 1.90. The summed E-state index contributed by atoms with van der Waals surface area (Å²) in [6, 6.07) is 0. The highest BCUT2D eigenvalue weighted by Crippen LogP contribution is 2.42. The van der Waals surface area contributed by atoms with Crippen molar-refractivity contribution in [3.05, 3.63) is 0 Å². The quantitative estimate of drug-likeness (QED) is 0.637. The van der Waals surface area contributed by atoms with Gasteiger partial charge in [-0.1, -0.05) is 6.92 Å². The van der Waals surface area contributed by atoms with Gasteiger partial charge in [0, 0.05) is 12.5 Å². The Morgan fingerprint density at radius 3 is 2.92 bits per heavy atom. The molecule has 0 spiro atoms. The first kappa shape index (κ1) is 8.48. The first-order valence-corrected chi connectivity index (χ1v) is 4.69. The van der Waals surface area contributed by atoms with Crippen molar-refractivity contribution in [2.45, 2.75) is 44.7 Å². The summed E-state index contributed by atoms with van der Waals surface area (Å²) in [6.45, 7) is 4.85. The smallest absolute Gasteiger partial charge is 0.161 e. The van der Waals surface area contributed by atoms with Gasteiger partial charge in [0.15, 0.2) is 6.29 Å². The molecule has 3 heteroatoms. The summed E-state index contributed by atoms with van der Waals surface area (Å²) in [5.41, 5.74) is 5.51. The van der Waals surface area contributed by atoms with Crippen LogP contribution in [0.4, 0.5) is 0 Å². The van der Waals surface area contributed by atoms with Gasteiger partial charge in [-0.2, -0.15) is 0 Å². The van der Waals surface area contributed by atoms with Crippen LogP contribution in [0.5, 0.6) is 0 Å². The molecule has 2 heterocycles. The fraction of sp³-hybridized carbons (Fsp3) is 1.00. The van der Waals surface area contributed by atoms with Crippen molar-refractivity contribution < 1.29 is 9.47 Å². The summed E-state index contributed by atoms with van der Waals surface area (Å²) in [6.07, 6.45) is 2.37. The van der Waals surface area contributed by atoms with Crippen molar-refractivity contribution in [2.75, 3.05) is 6.54 Å². The molecule has 2 saturated heterocycles. The predicted octanol–water partition coefficient (Wildman–Crippen LogP) is 0.875. The molecule has 0 unspecified atom stereocenters. The van der Waals surface area contributed by atoms with Crippen LogP contribution >= 0.6 is 0 Å². The SMILES string of the molecule is C[C@H]1CC[C@@]2(C)O[C@H]1O[C@H]2CN. The molecule has 2 bridgehead atoms. The van der Waals surface area contributed by atoms with Gasteiger partial charge in [-0.15, -0.1) is 0 Å². The monoisotopic (exact) mass is 171 g/mol. The molecule has 0 saturated carbocycles. The Morgan fingerprint density at radius 1 is 1.58 bits per heavy atom. The van der Waals surface area contributed by atoms with Crippen LogP contribution in [-0.2, 0) is 9.47 Å². The summed E-state index contributed by atoms with van der Waals surface area (Å²) >= 11 is 0. The second-order valence-electron chi connectivity index (χ2n) is 4.18. The highest BCUT2D eigenvalue weighted by Gasteiger charge is 2.50. The molecule has 0 radical (unpaired) electrons. The third-order valence-corrected chi connectivity index (χ3v) is 3.14. The van der Waals surface area contributed by atoms with Crippen molar-refractivity contribution in [3.8, 4) is 0 Å². The molecule has 0 amide bonds. The number of fused-ring (bicyclic) bond motifs is 2. The Bertz CT molecular complexity index is 185. The van der Waals surface area contributed by atoms with E-state index in [2.05, 4.69) is 13.8 Å². The molecule has 0 aromatic rings. The largest absolute Gasteiger partial charge is 0.345 e. The fourth-order valence-corrected chi connectivity index (χ4v) is 2.10. The minimum Gasteiger partial charge on any atom is -0.345 e. The standard InChI is InChI=1S/C9H17NO2/c1-6-3-4-9(2)7(5-10)11-8(6)12-9/h6-8H,3-5,10H2,1-2H3/t6-,7-,8+,9+/m0/s1. The van der Waals surface area contributed by atoms with Gasteiger partial charge in [-0.3, -0.25) is 0 Å². The van der Waals surface area contributed by atoms with Crippen LogP contribution in [0.15, 0.2) is 0 Å². The zero-order valence-corrected chi connectivity index (χ0v) is 7.75. The molecule has 2 fully saturated rings. The number of nitrogens with two attached hydrogens (primary N) is 1. The lowest BCUT2D eigenvalue weighted by molar-refractivity contribution is -0.143. The van der Waals surface area contributed by atoms with E-state index in [0.29, 0.717) is 12.5 Å². The van der Waals surface area contributed by atoms with E-state index in [-0.39, 0.29) is 18.0 Å². The van der Waals surface area contributed by atoms with Crippen molar-refractivity contribution in [2.24, 2.45) is 11.7 Å². The van der Waals surface area contributed by atoms with E-state index in [0.717, 1.165) is 6.42 Å². The minimum absolute atomic E-state index is 0.00250. The van der Waals surface area contributed by atoms with E-state index in [4.69, 9.17) is 15.2 Å². The van der Waals surface area contributed by atoms with E-state index < -0.39 is 0 Å². The first-order chi connectivity index (χ1) is 5.65. The molecule has 0 aromatic carbocycles. The van der Waals surface area contributed by atoms with Gasteiger partial charge < -0.3 is 15.2 Å². The molecule has 2 rings (SSSR count). The second-order valence-corrected chi connectivity index (χ2v) is 4.18. The van der Waals surface area contributed by atoms with Crippen LogP contribution in [0.3, 0.4) is 0 Å². The van der Waals surface area contributed by atoms with Crippen LogP contribution in [-0.4, -0.2) is 24.5 Å². The summed E-state index contributed by atoms with van der Waals surface area (Å²) in [5, 5.41) is 0. The highest BCUT2D eigenvalue weighted by molar-refractivity contribution is 4.95. The topological polar surface area (TPSA) is 44.5 Å². The van der Waals surface area contributed by atoms with Crippen LogP contribution in [0.25, 0.3) is 0 Å². The molecule has 2 N–H and O–H groups in total. The van der Waals surface area contributed by atoms with Gasteiger partial charge in [0.1, 0.15) is 6.10 Å². The Balaban J connectivity index is 2.15. The molecular weight excluding hydrogens is 154 g/mol. The van der Waals surface area contributed by atoms with E-state index in [1.165, 1.54) is 6.42 Å². The third-order valence-electron chi connectivity index (χ3n) is 3.14. The van der Waals surface area contributed by atoms with Crippen LogP contribution in [0, 0.1) is 5.92 Å². The van der Waals surface area contributed by atoms with Crippen molar-refractivity contribution in [1.82, 2.24) is 0 Å².